The molecule has 1 fully saturated rings. The third-order valence-electron chi connectivity index (χ3n) is 5.61. The zero-order valence-electron chi connectivity index (χ0n) is 18.1. The van der Waals surface area contributed by atoms with Gasteiger partial charge in [-0.15, -0.1) is 0 Å². The Balaban J connectivity index is 1.31. The van der Waals surface area contributed by atoms with Gasteiger partial charge in [0.25, 0.3) is 5.91 Å². The van der Waals surface area contributed by atoms with E-state index in [-0.39, 0.29) is 5.91 Å². The van der Waals surface area contributed by atoms with Gasteiger partial charge in [0.15, 0.2) is 0 Å². The fourth-order valence-corrected chi connectivity index (χ4v) is 5.26. The number of amides is 1. The number of rotatable bonds is 6. The highest BCUT2D eigenvalue weighted by Crippen LogP contribution is 2.19. The van der Waals surface area contributed by atoms with Crippen LogP contribution in [0.2, 0.25) is 0 Å². The number of hydrogen-bond donors (Lipinski definition) is 1. The van der Waals surface area contributed by atoms with E-state index in [1.165, 1.54) is 0 Å². The molecule has 1 saturated heterocycles. The molecule has 0 saturated carbocycles. The van der Waals surface area contributed by atoms with Crippen LogP contribution in [0, 0.1) is 6.92 Å². The van der Waals surface area contributed by atoms with Crippen LogP contribution in [0.1, 0.15) is 21.5 Å². The predicted molar refractivity (Wildman–Crippen MR) is 126 cm³/mol. The van der Waals surface area contributed by atoms with E-state index >= 15 is 0 Å². The standard InChI is InChI=1S/C25H27N3O3S/c1-20-6-5-7-23(18-20)26-25(29)22-12-10-21(11-13-22)19-27-14-16-28(17-15-27)32(30,31)24-8-3-2-4-9-24/h2-13,18H,14-17,19H2,1H3,(H,26,29). The largest absolute Gasteiger partial charge is 0.322 e. The second-order valence-electron chi connectivity index (χ2n) is 8.01. The SMILES string of the molecule is Cc1cccc(NC(=O)c2ccc(CN3CCN(S(=O)(=O)c4ccccc4)CC3)cc2)c1. The normalized spacial score (nSPS) is 15.4. The number of nitrogens with zero attached hydrogens (tertiary/aromatic N) is 2. The van der Waals surface area contributed by atoms with E-state index in [4.69, 9.17) is 0 Å². The maximum Gasteiger partial charge on any atom is 0.255 e. The van der Waals surface area contributed by atoms with Crippen LogP contribution in [0.3, 0.4) is 0 Å². The van der Waals surface area contributed by atoms with Crippen LogP contribution in [0.15, 0.2) is 83.8 Å². The molecule has 1 aliphatic heterocycles. The van der Waals surface area contributed by atoms with Gasteiger partial charge in [-0.05, 0) is 54.4 Å². The second kappa shape index (κ2) is 9.65. The second-order valence-corrected chi connectivity index (χ2v) is 9.95. The molecule has 0 aromatic heterocycles. The van der Waals surface area contributed by atoms with E-state index in [0.29, 0.717) is 36.6 Å². The van der Waals surface area contributed by atoms with Crippen LogP contribution >= 0.6 is 0 Å². The first-order valence-electron chi connectivity index (χ1n) is 10.7. The number of nitrogens with one attached hydrogen (secondary N) is 1. The van der Waals surface area contributed by atoms with Crippen molar-refractivity contribution in [3.63, 3.8) is 0 Å². The number of carbonyl (C=O) groups excluding carboxylic acids is 1. The van der Waals surface area contributed by atoms with Crippen molar-refractivity contribution in [3.8, 4) is 0 Å². The highest BCUT2D eigenvalue weighted by molar-refractivity contribution is 7.89. The maximum absolute atomic E-state index is 12.8. The number of hydrogen-bond acceptors (Lipinski definition) is 4. The highest BCUT2D eigenvalue weighted by atomic mass is 32.2. The van der Waals surface area contributed by atoms with E-state index in [1.54, 1.807) is 28.6 Å². The number of piperazine rings is 1. The Bertz CT molecular complexity index is 1170. The van der Waals surface area contributed by atoms with Crippen molar-refractivity contribution in [1.29, 1.82) is 0 Å². The minimum absolute atomic E-state index is 0.137. The highest BCUT2D eigenvalue weighted by Gasteiger charge is 2.28. The van der Waals surface area contributed by atoms with E-state index in [2.05, 4.69) is 10.2 Å². The Morgan fingerprint density at radius 3 is 2.22 bits per heavy atom. The smallest absolute Gasteiger partial charge is 0.255 e. The van der Waals surface area contributed by atoms with Crippen molar-refractivity contribution >= 4 is 21.6 Å². The van der Waals surface area contributed by atoms with Gasteiger partial charge in [0.2, 0.25) is 10.0 Å². The van der Waals surface area contributed by atoms with Crippen LogP contribution in [-0.4, -0.2) is 49.7 Å². The van der Waals surface area contributed by atoms with Gasteiger partial charge in [-0.3, -0.25) is 9.69 Å². The lowest BCUT2D eigenvalue weighted by atomic mass is 10.1. The first kappa shape index (κ1) is 22.2. The van der Waals surface area contributed by atoms with Crippen molar-refractivity contribution in [2.24, 2.45) is 0 Å². The molecule has 0 spiro atoms. The zero-order valence-corrected chi connectivity index (χ0v) is 18.9. The van der Waals surface area contributed by atoms with Gasteiger partial charge in [-0.1, -0.05) is 42.5 Å². The molecule has 0 radical (unpaired) electrons. The van der Waals surface area contributed by atoms with Crippen molar-refractivity contribution < 1.29 is 13.2 Å². The quantitative estimate of drug-likeness (QED) is 0.622. The molecule has 166 valence electrons. The lowest BCUT2D eigenvalue weighted by Gasteiger charge is -2.34. The van der Waals surface area contributed by atoms with Gasteiger partial charge in [0.05, 0.1) is 4.90 Å². The van der Waals surface area contributed by atoms with Gasteiger partial charge in [-0.25, -0.2) is 8.42 Å². The number of carbonyl (C=O) groups is 1. The molecule has 4 rings (SSSR count). The van der Waals surface area contributed by atoms with Gasteiger partial charge in [0.1, 0.15) is 0 Å². The van der Waals surface area contributed by atoms with Crippen LogP contribution in [0.5, 0.6) is 0 Å². The summed E-state index contributed by atoms with van der Waals surface area (Å²) in [5.41, 5.74) is 3.57. The summed E-state index contributed by atoms with van der Waals surface area (Å²) in [6.07, 6.45) is 0. The molecule has 0 atom stereocenters. The molecule has 0 aliphatic carbocycles. The number of aryl methyl sites for hydroxylation is 1. The Hall–Kier alpha value is -3.00. The molecule has 1 N–H and O–H groups in total. The predicted octanol–water partition coefficient (Wildman–Crippen LogP) is 3.75. The van der Waals surface area contributed by atoms with Crippen molar-refractivity contribution in [3.05, 3.63) is 95.6 Å². The molecule has 3 aromatic rings. The maximum atomic E-state index is 12.8. The monoisotopic (exact) mass is 449 g/mol. The molecule has 1 heterocycles. The third kappa shape index (κ3) is 5.24. The number of anilines is 1. The number of benzene rings is 3. The zero-order chi connectivity index (χ0) is 22.6. The molecule has 32 heavy (non-hydrogen) atoms. The molecule has 6 nitrogen and oxygen atoms in total. The minimum atomic E-state index is -3.44. The Morgan fingerprint density at radius 1 is 0.875 bits per heavy atom. The lowest BCUT2D eigenvalue weighted by Crippen LogP contribution is -2.48. The summed E-state index contributed by atoms with van der Waals surface area (Å²) in [4.78, 5) is 15.1. The topological polar surface area (TPSA) is 69.7 Å². The molecule has 0 unspecified atom stereocenters. The summed E-state index contributed by atoms with van der Waals surface area (Å²) >= 11 is 0. The van der Waals surface area contributed by atoms with Crippen molar-refractivity contribution in [1.82, 2.24) is 9.21 Å². The molecule has 7 heteroatoms. The van der Waals surface area contributed by atoms with Crippen molar-refractivity contribution in [2.45, 2.75) is 18.4 Å². The van der Waals surface area contributed by atoms with Crippen LogP contribution in [0.25, 0.3) is 0 Å². The van der Waals surface area contributed by atoms with Gasteiger partial charge >= 0.3 is 0 Å². The van der Waals surface area contributed by atoms with Gasteiger partial charge in [-0.2, -0.15) is 4.31 Å². The van der Waals surface area contributed by atoms with Gasteiger partial charge in [0, 0.05) is 44.0 Å². The average molecular weight is 450 g/mol. The number of sulfonamides is 1. The summed E-state index contributed by atoms with van der Waals surface area (Å²) in [6.45, 7) is 4.98. The van der Waals surface area contributed by atoms with Crippen LogP contribution in [-0.2, 0) is 16.6 Å². The summed E-state index contributed by atoms with van der Waals surface area (Å²) in [5, 5.41) is 2.92. The molecule has 1 aliphatic rings. The first-order valence-corrected chi connectivity index (χ1v) is 12.1. The first-order chi connectivity index (χ1) is 15.4. The average Bonchev–Trinajstić information content (AvgIpc) is 2.80. The molecular formula is C25H27N3O3S. The fraction of sp³-hybridized carbons (Fsp3) is 0.240. The summed E-state index contributed by atoms with van der Waals surface area (Å²) < 4.78 is 27.1. The fourth-order valence-electron chi connectivity index (χ4n) is 3.82. The Labute approximate surface area is 189 Å². The van der Waals surface area contributed by atoms with E-state index < -0.39 is 10.0 Å². The molecular weight excluding hydrogens is 422 g/mol. The Kier molecular flexibility index (Phi) is 6.69. The van der Waals surface area contributed by atoms with Crippen LogP contribution < -0.4 is 5.32 Å². The van der Waals surface area contributed by atoms with E-state index in [0.717, 1.165) is 23.4 Å². The minimum Gasteiger partial charge on any atom is -0.322 e. The summed E-state index contributed by atoms with van der Waals surface area (Å²) in [5.74, 6) is -0.137. The Morgan fingerprint density at radius 2 is 1.56 bits per heavy atom. The molecule has 1 amide bonds. The van der Waals surface area contributed by atoms with Gasteiger partial charge < -0.3 is 5.32 Å². The lowest BCUT2D eigenvalue weighted by molar-refractivity contribution is 0.102. The van der Waals surface area contributed by atoms with E-state index in [9.17, 15) is 13.2 Å². The van der Waals surface area contributed by atoms with Crippen molar-refractivity contribution in [2.75, 3.05) is 31.5 Å². The van der Waals surface area contributed by atoms with E-state index in [1.807, 2.05) is 61.5 Å². The van der Waals surface area contributed by atoms with Crippen LogP contribution in [0.4, 0.5) is 5.69 Å². The molecule has 3 aromatic carbocycles. The summed E-state index contributed by atoms with van der Waals surface area (Å²) in [6, 6.07) is 23.9. The summed E-state index contributed by atoms with van der Waals surface area (Å²) in [7, 11) is -3.44. The third-order valence-corrected chi connectivity index (χ3v) is 7.52. The molecule has 0 bridgehead atoms.